The van der Waals surface area contributed by atoms with Gasteiger partial charge < -0.3 is 20.5 Å². The Hall–Kier alpha value is -2.60. The number of hydrogen-bond donors (Lipinski definition) is 3. The summed E-state index contributed by atoms with van der Waals surface area (Å²) >= 11 is 0. The summed E-state index contributed by atoms with van der Waals surface area (Å²) in [7, 11) is 0. The first-order chi connectivity index (χ1) is 13.2. The molecule has 0 bridgehead atoms. The van der Waals surface area contributed by atoms with Crippen molar-refractivity contribution in [2.75, 3.05) is 26.2 Å². The molecule has 1 heterocycles. The van der Waals surface area contributed by atoms with E-state index in [0.29, 0.717) is 19.0 Å². The van der Waals surface area contributed by atoms with Gasteiger partial charge in [0.05, 0.1) is 13.2 Å². The number of nitrogens with zero attached hydrogens (tertiary/aromatic N) is 1. The molecule has 0 saturated heterocycles. The maximum atomic E-state index is 13.7. The number of aliphatic imine (C=N–C) groups is 1. The standard InChI is InChI=1S/C21H26FN3O2/c1-2-23-21(25-14-19(26)17-5-3-4-6-18(17)22)24-11-9-15-7-8-20-16(13-15)10-12-27-20/h3-8,13,19,26H,2,9-12,14H2,1H3,(H2,23,24,25). The molecule has 1 aliphatic heterocycles. The molecule has 0 aromatic heterocycles. The molecule has 0 fully saturated rings. The van der Waals surface area contributed by atoms with E-state index in [1.54, 1.807) is 18.2 Å². The van der Waals surface area contributed by atoms with Crippen LogP contribution in [0.4, 0.5) is 4.39 Å². The molecule has 0 spiro atoms. The summed E-state index contributed by atoms with van der Waals surface area (Å²) in [5.74, 6) is 1.18. The van der Waals surface area contributed by atoms with Gasteiger partial charge in [0.2, 0.25) is 0 Å². The molecule has 27 heavy (non-hydrogen) atoms. The predicted octanol–water partition coefficient (Wildman–Crippen LogP) is 2.59. The number of aliphatic hydroxyl groups excluding tert-OH is 1. The van der Waals surface area contributed by atoms with Crippen LogP contribution in [0.1, 0.15) is 29.7 Å². The van der Waals surface area contributed by atoms with Crippen LogP contribution in [-0.4, -0.2) is 37.3 Å². The van der Waals surface area contributed by atoms with Gasteiger partial charge in [0.1, 0.15) is 17.7 Å². The molecular formula is C21H26FN3O2. The second-order valence-corrected chi connectivity index (χ2v) is 6.47. The van der Waals surface area contributed by atoms with Crippen LogP contribution in [0.2, 0.25) is 0 Å². The zero-order chi connectivity index (χ0) is 19.1. The summed E-state index contributed by atoms with van der Waals surface area (Å²) in [6.07, 6.45) is 0.848. The minimum Gasteiger partial charge on any atom is -0.493 e. The van der Waals surface area contributed by atoms with E-state index < -0.39 is 11.9 Å². The van der Waals surface area contributed by atoms with E-state index in [1.165, 1.54) is 17.2 Å². The molecule has 1 atom stereocenters. The van der Waals surface area contributed by atoms with Crippen molar-refractivity contribution in [3.05, 3.63) is 65.0 Å². The largest absolute Gasteiger partial charge is 0.493 e. The monoisotopic (exact) mass is 371 g/mol. The van der Waals surface area contributed by atoms with Crippen LogP contribution in [0.15, 0.2) is 47.5 Å². The fourth-order valence-electron chi connectivity index (χ4n) is 3.08. The van der Waals surface area contributed by atoms with Gasteiger partial charge in [-0.1, -0.05) is 30.3 Å². The molecule has 2 aromatic carbocycles. The third kappa shape index (κ3) is 5.20. The summed E-state index contributed by atoms with van der Waals surface area (Å²) in [6, 6.07) is 12.5. The normalized spacial score (nSPS) is 14.4. The number of nitrogens with one attached hydrogen (secondary N) is 2. The molecule has 0 radical (unpaired) electrons. The molecule has 1 aliphatic rings. The zero-order valence-electron chi connectivity index (χ0n) is 15.5. The van der Waals surface area contributed by atoms with Crippen LogP contribution in [0.3, 0.4) is 0 Å². The summed E-state index contributed by atoms with van der Waals surface area (Å²) < 4.78 is 19.3. The fourth-order valence-corrected chi connectivity index (χ4v) is 3.08. The Morgan fingerprint density at radius 1 is 1.26 bits per heavy atom. The van der Waals surface area contributed by atoms with Gasteiger partial charge in [0, 0.05) is 25.1 Å². The minimum atomic E-state index is -0.974. The molecule has 5 nitrogen and oxygen atoms in total. The molecule has 0 saturated carbocycles. The van der Waals surface area contributed by atoms with E-state index in [2.05, 4.69) is 27.8 Å². The van der Waals surface area contributed by atoms with Crippen molar-refractivity contribution >= 4 is 5.96 Å². The lowest BCUT2D eigenvalue weighted by atomic mass is 10.1. The van der Waals surface area contributed by atoms with Gasteiger partial charge in [-0.05, 0) is 36.6 Å². The molecule has 6 heteroatoms. The van der Waals surface area contributed by atoms with Gasteiger partial charge in [-0.3, -0.25) is 4.99 Å². The lowest BCUT2D eigenvalue weighted by Crippen LogP contribution is -2.38. The van der Waals surface area contributed by atoms with Crippen LogP contribution < -0.4 is 15.4 Å². The molecule has 3 rings (SSSR count). The topological polar surface area (TPSA) is 65.9 Å². The quantitative estimate of drug-likeness (QED) is 0.517. The molecule has 0 aliphatic carbocycles. The lowest BCUT2D eigenvalue weighted by molar-refractivity contribution is 0.182. The first-order valence-electron chi connectivity index (χ1n) is 9.36. The molecular weight excluding hydrogens is 345 g/mol. The van der Waals surface area contributed by atoms with Crippen LogP contribution in [0, 0.1) is 5.82 Å². The Morgan fingerprint density at radius 2 is 2.11 bits per heavy atom. The number of aliphatic hydroxyl groups is 1. The van der Waals surface area contributed by atoms with Gasteiger partial charge in [0.15, 0.2) is 5.96 Å². The van der Waals surface area contributed by atoms with Crippen molar-refractivity contribution in [3.63, 3.8) is 0 Å². The van der Waals surface area contributed by atoms with Gasteiger partial charge >= 0.3 is 0 Å². The number of halogens is 1. The smallest absolute Gasteiger partial charge is 0.191 e. The lowest BCUT2D eigenvalue weighted by Gasteiger charge is -2.14. The number of fused-ring (bicyclic) bond motifs is 1. The molecule has 1 unspecified atom stereocenters. The predicted molar refractivity (Wildman–Crippen MR) is 105 cm³/mol. The van der Waals surface area contributed by atoms with Crippen molar-refractivity contribution in [3.8, 4) is 5.75 Å². The molecule has 3 N–H and O–H groups in total. The van der Waals surface area contributed by atoms with Gasteiger partial charge in [-0.15, -0.1) is 0 Å². The Bertz CT molecular complexity index is 795. The first kappa shape index (κ1) is 19.2. The number of rotatable bonds is 7. The second kappa shape index (κ2) is 9.37. The third-order valence-corrected chi connectivity index (χ3v) is 4.49. The Kier molecular flexibility index (Phi) is 6.65. The van der Waals surface area contributed by atoms with Gasteiger partial charge in [-0.25, -0.2) is 4.39 Å². The first-order valence-corrected chi connectivity index (χ1v) is 9.36. The molecule has 0 amide bonds. The van der Waals surface area contributed by atoms with Crippen molar-refractivity contribution in [2.45, 2.75) is 25.9 Å². The average Bonchev–Trinajstić information content (AvgIpc) is 3.14. The van der Waals surface area contributed by atoms with E-state index in [0.717, 1.165) is 25.2 Å². The maximum Gasteiger partial charge on any atom is 0.191 e. The molecule has 2 aromatic rings. The summed E-state index contributed by atoms with van der Waals surface area (Å²) in [4.78, 5) is 4.38. The maximum absolute atomic E-state index is 13.7. The Balaban J connectivity index is 1.54. The number of hydrogen-bond acceptors (Lipinski definition) is 3. The van der Waals surface area contributed by atoms with Crippen LogP contribution in [0.25, 0.3) is 0 Å². The van der Waals surface area contributed by atoms with Crippen molar-refractivity contribution in [1.82, 2.24) is 10.6 Å². The van der Waals surface area contributed by atoms with Gasteiger partial charge in [-0.2, -0.15) is 0 Å². The second-order valence-electron chi connectivity index (χ2n) is 6.47. The Labute approximate surface area is 159 Å². The highest BCUT2D eigenvalue weighted by molar-refractivity contribution is 5.79. The fraction of sp³-hybridized carbons (Fsp3) is 0.381. The highest BCUT2D eigenvalue weighted by Crippen LogP contribution is 2.25. The number of benzene rings is 2. The van der Waals surface area contributed by atoms with Crippen molar-refractivity contribution in [2.24, 2.45) is 4.99 Å². The van der Waals surface area contributed by atoms with E-state index >= 15 is 0 Å². The number of ether oxygens (including phenoxy) is 1. The van der Waals surface area contributed by atoms with E-state index in [-0.39, 0.29) is 12.1 Å². The van der Waals surface area contributed by atoms with E-state index in [9.17, 15) is 9.50 Å². The van der Waals surface area contributed by atoms with Crippen LogP contribution in [0.5, 0.6) is 5.75 Å². The van der Waals surface area contributed by atoms with Crippen molar-refractivity contribution in [1.29, 1.82) is 0 Å². The van der Waals surface area contributed by atoms with Crippen LogP contribution >= 0.6 is 0 Å². The summed E-state index contributed by atoms with van der Waals surface area (Å²) in [6.45, 7) is 4.25. The van der Waals surface area contributed by atoms with E-state index in [1.807, 2.05) is 13.0 Å². The number of guanidine groups is 1. The minimum absolute atomic E-state index is 0.0897. The van der Waals surface area contributed by atoms with E-state index in [4.69, 9.17) is 4.74 Å². The highest BCUT2D eigenvalue weighted by Gasteiger charge is 2.13. The van der Waals surface area contributed by atoms with Crippen molar-refractivity contribution < 1.29 is 14.2 Å². The zero-order valence-corrected chi connectivity index (χ0v) is 15.5. The summed E-state index contributed by atoms with van der Waals surface area (Å²) in [5, 5.41) is 16.6. The highest BCUT2D eigenvalue weighted by atomic mass is 19.1. The van der Waals surface area contributed by atoms with Gasteiger partial charge in [0.25, 0.3) is 0 Å². The average molecular weight is 371 g/mol. The Morgan fingerprint density at radius 3 is 2.93 bits per heavy atom. The SMILES string of the molecule is CCNC(=NCC(O)c1ccccc1F)NCCc1ccc2c(c1)CCO2. The van der Waals surface area contributed by atoms with Crippen LogP contribution in [-0.2, 0) is 12.8 Å². The third-order valence-electron chi connectivity index (χ3n) is 4.49. The molecule has 144 valence electrons. The summed E-state index contributed by atoms with van der Waals surface area (Å²) in [5.41, 5.74) is 2.77.